The third kappa shape index (κ3) is 4.46. The molecule has 1 rings (SSSR count). The Morgan fingerprint density at radius 3 is 1.06 bits per heavy atom. The van der Waals surface area contributed by atoms with Crippen molar-refractivity contribution in [2.75, 3.05) is 0 Å². The predicted octanol–water partition coefficient (Wildman–Crippen LogP) is 4.49. The van der Waals surface area contributed by atoms with Gasteiger partial charge in [0.1, 0.15) is 12.2 Å². The van der Waals surface area contributed by atoms with E-state index in [9.17, 15) is 10.2 Å². The lowest BCUT2D eigenvalue weighted by atomic mass is 10.0. The number of alkyl halides is 6. The van der Waals surface area contributed by atoms with Crippen LogP contribution in [0.3, 0.4) is 0 Å². The van der Waals surface area contributed by atoms with Crippen LogP contribution in [0.15, 0.2) is 24.3 Å². The largest absolute Gasteiger partial charge is 0.384 e. The summed E-state index contributed by atoms with van der Waals surface area (Å²) < 4.78 is -3.68. The lowest BCUT2D eigenvalue weighted by molar-refractivity contribution is 0.178. The third-order valence-corrected chi connectivity index (χ3v) is 3.43. The summed E-state index contributed by atoms with van der Waals surface area (Å²) in [5.74, 6) is 0. The fourth-order valence-electron chi connectivity index (χ4n) is 1.24. The van der Waals surface area contributed by atoms with Crippen molar-refractivity contribution < 1.29 is 10.2 Å². The molecule has 0 saturated carbocycles. The lowest BCUT2D eigenvalue weighted by Gasteiger charge is -2.21. The minimum Gasteiger partial charge on any atom is -0.384 e. The maximum absolute atomic E-state index is 9.71. The molecule has 0 heterocycles. The summed E-state index contributed by atoms with van der Waals surface area (Å²) in [5, 5.41) is 19.4. The quantitative estimate of drug-likeness (QED) is 0.751. The van der Waals surface area contributed by atoms with E-state index >= 15 is 0 Å². The summed E-state index contributed by atoms with van der Waals surface area (Å²) in [6.45, 7) is 0. The first-order valence-electron chi connectivity index (χ1n) is 4.63. The molecular weight excluding hydrogens is 365 g/mol. The van der Waals surface area contributed by atoms with Gasteiger partial charge >= 0.3 is 0 Å². The number of benzene rings is 1. The summed E-state index contributed by atoms with van der Waals surface area (Å²) in [6.07, 6.45) is -2.58. The second kappa shape index (κ2) is 6.11. The molecule has 8 heteroatoms. The van der Waals surface area contributed by atoms with E-state index in [1.807, 2.05) is 0 Å². The zero-order valence-electron chi connectivity index (χ0n) is 8.63. The molecule has 18 heavy (non-hydrogen) atoms. The van der Waals surface area contributed by atoms with Gasteiger partial charge in [0.25, 0.3) is 0 Å². The van der Waals surface area contributed by atoms with Gasteiger partial charge in [-0.15, -0.1) is 0 Å². The smallest absolute Gasteiger partial charge is 0.220 e. The molecule has 0 saturated heterocycles. The lowest BCUT2D eigenvalue weighted by Crippen LogP contribution is -2.18. The van der Waals surface area contributed by atoms with Crippen molar-refractivity contribution in [3.05, 3.63) is 35.4 Å². The van der Waals surface area contributed by atoms with Gasteiger partial charge in [-0.3, -0.25) is 0 Å². The first kappa shape index (κ1) is 16.9. The molecule has 2 atom stereocenters. The van der Waals surface area contributed by atoms with E-state index in [-0.39, 0.29) is 0 Å². The van der Waals surface area contributed by atoms with Crippen LogP contribution in [-0.2, 0) is 0 Å². The Labute approximate surface area is 134 Å². The van der Waals surface area contributed by atoms with Gasteiger partial charge in [-0.1, -0.05) is 93.9 Å². The molecule has 0 radical (unpaired) electrons. The molecule has 0 fully saturated rings. The zero-order valence-corrected chi connectivity index (χ0v) is 13.2. The number of hydrogen-bond donors (Lipinski definition) is 2. The van der Waals surface area contributed by atoms with Gasteiger partial charge in [0.05, 0.1) is 0 Å². The SMILES string of the molecule is O[C@@H](c1ccc([C@H](O)C(Cl)(Cl)Cl)cc1)C(Cl)(Cl)Cl. The van der Waals surface area contributed by atoms with Gasteiger partial charge < -0.3 is 10.2 Å². The fraction of sp³-hybridized carbons (Fsp3) is 0.400. The van der Waals surface area contributed by atoms with Crippen LogP contribution in [0.25, 0.3) is 0 Å². The number of aliphatic hydroxyl groups excluding tert-OH is 2. The Morgan fingerprint density at radius 2 is 0.889 bits per heavy atom. The monoisotopic (exact) mass is 370 g/mol. The fourth-order valence-corrected chi connectivity index (χ4v) is 1.99. The van der Waals surface area contributed by atoms with Crippen molar-refractivity contribution >= 4 is 69.6 Å². The van der Waals surface area contributed by atoms with E-state index in [2.05, 4.69) is 0 Å². The summed E-state index contributed by atoms with van der Waals surface area (Å²) >= 11 is 33.4. The topological polar surface area (TPSA) is 40.5 Å². The molecule has 1 aromatic rings. The molecule has 2 N–H and O–H groups in total. The highest BCUT2D eigenvalue weighted by Crippen LogP contribution is 2.42. The van der Waals surface area contributed by atoms with E-state index in [1.165, 1.54) is 24.3 Å². The second-order valence-electron chi connectivity index (χ2n) is 3.55. The molecule has 0 bridgehead atoms. The number of hydrogen-bond acceptors (Lipinski definition) is 2. The molecule has 2 nitrogen and oxygen atoms in total. The Kier molecular flexibility index (Phi) is 5.75. The van der Waals surface area contributed by atoms with E-state index in [1.54, 1.807) is 0 Å². The van der Waals surface area contributed by atoms with Crippen molar-refractivity contribution in [2.24, 2.45) is 0 Å². The molecular formula is C10H8Cl6O2. The summed E-state index contributed by atoms with van der Waals surface area (Å²) in [7, 11) is 0. The van der Waals surface area contributed by atoms with Gasteiger partial charge in [-0.25, -0.2) is 0 Å². The van der Waals surface area contributed by atoms with Crippen LogP contribution in [0.4, 0.5) is 0 Å². The van der Waals surface area contributed by atoms with Crippen LogP contribution in [0.2, 0.25) is 0 Å². The maximum Gasteiger partial charge on any atom is 0.220 e. The molecule has 0 spiro atoms. The molecule has 0 unspecified atom stereocenters. The summed E-state index contributed by atoms with van der Waals surface area (Å²) in [4.78, 5) is 0. The number of halogens is 6. The van der Waals surface area contributed by atoms with Crippen LogP contribution < -0.4 is 0 Å². The Bertz CT molecular complexity index is 355. The summed E-state index contributed by atoms with van der Waals surface area (Å²) in [6, 6.07) is 5.89. The van der Waals surface area contributed by atoms with Crippen LogP contribution in [0, 0.1) is 0 Å². The minimum absolute atomic E-state index is 0.371. The average Bonchev–Trinajstić information content (AvgIpc) is 2.25. The molecule has 0 aliphatic carbocycles. The first-order valence-corrected chi connectivity index (χ1v) is 6.89. The minimum atomic E-state index is -1.84. The van der Waals surface area contributed by atoms with Gasteiger partial charge in [0, 0.05) is 0 Å². The van der Waals surface area contributed by atoms with Gasteiger partial charge in [0.2, 0.25) is 7.59 Å². The van der Waals surface area contributed by atoms with E-state index in [0.717, 1.165) is 0 Å². The third-order valence-electron chi connectivity index (χ3n) is 2.19. The van der Waals surface area contributed by atoms with Gasteiger partial charge in [0.15, 0.2) is 0 Å². The molecule has 0 aliphatic heterocycles. The first-order chi connectivity index (χ1) is 8.03. The normalized spacial score (nSPS) is 16.4. The average molecular weight is 373 g/mol. The second-order valence-corrected chi connectivity index (χ2v) is 8.29. The highest BCUT2D eigenvalue weighted by Gasteiger charge is 2.34. The Morgan fingerprint density at radius 1 is 0.667 bits per heavy atom. The molecule has 0 aliphatic rings. The predicted molar refractivity (Wildman–Crippen MR) is 76.9 cm³/mol. The zero-order chi connectivity index (χ0) is 14.1. The molecule has 1 aromatic carbocycles. The maximum atomic E-state index is 9.71. The van der Waals surface area contributed by atoms with Crippen LogP contribution in [0.1, 0.15) is 23.3 Å². The molecule has 0 amide bonds. The van der Waals surface area contributed by atoms with Crippen molar-refractivity contribution in [1.82, 2.24) is 0 Å². The van der Waals surface area contributed by atoms with Crippen LogP contribution in [-0.4, -0.2) is 17.8 Å². The Balaban J connectivity index is 2.94. The van der Waals surface area contributed by atoms with E-state index in [4.69, 9.17) is 69.6 Å². The Hall–Kier alpha value is 0.880. The number of rotatable bonds is 2. The number of aliphatic hydroxyl groups is 2. The van der Waals surface area contributed by atoms with Crippen LogP contribution >= 0.6 is 69.6 Å². The standard InChI is InChI=1S/C10H8Cl6O2/c11-9(12,13)7(17)5-1-2-6(4-3-5)8(18)10(14,15)16/h1-4,7-8,17-18H/t7-,8-/m0/s1. The summed E-state index contributed by atoms with van der Waals surface area (Å²) in [5.41, 5.74) is 0.741. The van der Waals surface area contributed by atoms with Crippen molar-refractivity contribution in [3.8, 4) is 0 Å². The highest BCUT2D eigenvalue weighted by molar-refractivity contribution is 6.68. The van der Waals surface area contributed by atoms with E-state index in [0.29, 0.717) is 11.1 Å². The van der Waals surface area contributed by atoms with Gasteiger partial charge in [-0.05, 0) is 11.1 Å². The van der Waals surface area contributed by atoms with Crippen molar-refractivity contribution in [2.45, 2.75) is 19.8 Å². The molecule has 102 valence electrons. The van der Waals surface area contributed by atoms with E-state index < -0.39 is 19.8 Å². The highest BCUT2D eigenvalue weighted by atomic mass is 35.6. The van der Waals surface area contributed by atoms with Crippen LogP contribution in [0.5, 0.6) is 0 Å². The van der Waals surface area contributed by atoms with Gasteiger partial charge in [-0.2, -0.15) is 0 Å². The van der Waals surface area contributed by atoms with Crippen molar-refractivity contribution in [3.63, 3.8) is 0 Å². The van der Waals surface area contributed by atoms with Crippen molar-refractivity contribution in [1.29, 1.82) is 0 Å². The molecule has 0 aromatic heterocycles.